The average molecular weight is 393 g/mol. The number of hydrogen-bond donors (Lipinski definition) is 0. The van der Waals surface area contributed by atoms with Gasteiger partial charge in [0.2, 0.25) is 8.32 Å². The van der Waals surface area contributed by atoms with Crippen molar-refractivity contribution >= 4 is 14.3 Å². The Balaban J connectivity index is 1.96. The lowest BCUT2D eigenvalue weighted by Crippen LogP contribution is -2.55. The van der Waals surface area contributed by atoms with E-state index in [2.05, 4.69) is 61.5 Å². The molecule has 6 atom stereocenters. The molecule has 3 nitrogen and oxygen atoms in total. The van der Waals surface area contributed by atoms with Crippen molar-refractivity contribution in [3.63, 3.8) is 0 Å². The van der Waals surface area contributed by atoms with E-state index in [0.717, 1.165) is 12.8 Å². The first-order valence-electron chi connectivity index (χ1n) is 11.1. The van der Waals surface area contributed by atoms with Crippen molar-refractivity contribution in [3.05, 3.63) is 11.6 Å². The molecule has 3 aliphatic rings. The molecule has 0 aromatic heterocycles. The fraction of sp³-hybridized carbons (Fsp3) is 0.870. The van der Waals surface area contributed by atoms with Crippen LogP contribution in [-0.2, 0) is 14.0 Å². The number of cyclic esters (lactones) is 1. The molecule has 0 spiro atoms. The number of carbonyl (C=O) groups is 1. The first kappa shape index (κ1) is 21.1. The molecular formula is C23H40O3Si. The highest BCUT2D eigenvalue weighted by Crippen LogP contribution is 2.53. The molecule has 0 radical (unpaired) electrons. The van der Waals surface area contributed by atoms with Gasteiger partial charge in [-0.2, -0.15) is 0 Å². The summed E-state index contributed by atoms with van der Waals surface area (Å²) in [6, 6.07) is 0. The summed E-state index contributed by atoms with van der Waals surface area (Å²) >= 11 is 0. The summed E-state index contributed by atoms with van der Waals surface area (Å²) in [5, 5.41) is 0. The van der Waals surface area contributed by atoms with Crippen LogP contribution in [0.5, 0.6) is 0 Å². The van der Waals surface area contributed by atoms with E-state index in [9.17, 15) is 4.79 Å². The number of ether oxygens (including phenoxy) is 1. The van der Waals surface area contributed by atoms with Crippen molar-refractivity contribution in [2.24, 2.45) is 29.6 Å². The number of hydrogen-bond acceptors (Lipinski definition) is 3. The summed E-state index contributed by atoms with van der Waals surface area (Å²) in [5.41, 5.74) is 3.12. The van der Waals surface area contributed by atoms with E-state index in [1.54, 1.807) is 0 Å². The maximum atomic E-state index is 12.6. The zero-order chi connectivity index (χ0) is 20.1. The van der Waals surface area contributed by atoms with Crippen LogP contribution >= 0.6 is 0 Å². The second-order valence-corrected chi connectivity index (χ2v) is 15.8. The molecule has 0 bridgehead atoms. The van der Waals surface area contributed by atoms with Gasteiger partial charge in [-0.3, -0.25) is 4.79 Å². The summed E-state index contributed by atoms with van der Waals surface area (Å²) in [6.45, 7) is 19.3. The number of fused-ring (bicyclic) bond motifs is 3. The lowest BCUT2D eigenvalue weighted by Gasteiger charge is -2.52. The van der Waals surface area contributed by atoms with Crippen molar-refractivity contribution in [1.29, 1.82) is 0 Å². The van der Waals surface area contributed by atoms with E-state index in [0.29, 0.717) is 46.9 Å². The van der Waals surface area contributed by atoms with Gasteiger partial charge in [-0.25, -0.2) is 0 Å². The average Bonchev–Trinajstić information content (AvgIpc) is 2.96. The van der Waals surface area contributed by atoms with E-state index < -0.39 is 8.32 Å². The quantitative estimate of drug-likeness (QED) is 0.329. The van der Waals surface area contributed by atoms with Gasteiger partial charge in [0.15, 0.2) is 0 Å². The molecule has 3 rings (SSSR count). The first-order chi connectivity index (χ1) is 12.6. The molecule has 0 N–H and O–H groups in total. The zero-order valence-corrected chi connectivity index (χ0v) is 19.6. The molecule has 0 amide bonds. The summed E-state index contributed by atoms with van der Waals surface area (Å²) in [5.74, 6) is 1.69. The minimum absolute atomic E-state index is 0.0371. The molecule has 0 aromatic carbocycles. The monoisotopic (exact) mass is 392 g/mol. The van der Waals surface area contributed by atoms with Gasteiger partial charge in [-0.1, -0.05) is 60.1 Å². The molecule has 1 saturated carbocycles. The first-order valence-corrected chi connectivity index (χ1v) is 13.3. The number of rotatable bonds is 5. The summed E-state index contributed by atoms with van der Waals surface area (Å²) in [4.78, 5) is 12.6. The third-order valence-electron chi connectivity index (χ3n) is 8.07. The minimum Gasteiger partial charge on any atom is -0.465 e. The Labute approximate surface area is 167 Å². The van der Waals surface area contributed by atoms with E-state index in [-0.39, 0.29) is 18.0 Å². The van der Waals surface area contributed by atoms with E-state index in [1.165, 1.54) is 5.57 Å². The second kappa shape index (κ2) is 7.66. The van der Waals surface area contributed by atoms with Crippen molar-refractivity contribution < 1.29 is 14.0 Å². The van der Waals surface area contributed by atoms with E-state index >= 15 is 0 Å². The van der Waals surface area contributed by atoms with E-state index in [1.807, 2.05) is 0 Å². The molecule has 4 heteroatoms. The van der Waals surface area contributed by atoms with Gasteiger partial charge in [0.25, 0.3) is 0 Å². The van der Waals surface area contributed by atoms with Crippen LogP contribution in [0.3, 0.4) is 0 Å². The molecular weight excluding hydrogens is 352 g/mol. The maximum absolute atomic E-state index is 12.6. The topological polar surface area (TPSA) is 35.5 Å². The highest BCUT2D eigenvalue weighted by Gasteiger charge is 2.55. The SMILES string of the molecule is CC1=C[C@@H]2[C@H]([C@@H]3C(=O)OC[C@H]13)[C@@H](C)CC[C@@H]2O[Si](C(C)C)(C(C)C)C(C)C. The normalized spacial score (nSPS) is 36.7. The van der Waals surface area contributed by atoms with Crippen LogP contribution < -0.4 is 0 Å². The van der Waals surface area contributed by atoms with Crippen LogP contribution in [0.1, 0.15) is 68.2 Å². The van der Waals surface area contributed by atoms with Gasteiger partial charge in [0.05, 0.1) is 18.6 Å². The van der Waals surface area contributed by atoms with Crippen LogP contribution in [0.2, 0.25) is 16.6 Å². The van der Waals surface area contributed by atoms with Crippen LogP contribution in [0.4, 0.5) is 0 Å². The van der Waals surface area contributed by atoms with Crippen LogP contribution in [0.25, 0.3) is 0 Å². The van der Waals surface area contributed by atoms with Gasteiger partial charge in [0.1, 0.15) is 0 Å². The Kier molecular flexibility index (Phi) is 5.99. The Morgan fingerprint density at radius 3 is 2.22 bits per heavy atom. The maximum Gasteiger partial charge on any atom is 0.310 e. The number of carbonyl (C=O) groups excluding carboxylic acids is 1. The summed E-state index contributed by atoms with van der Waals surface area (Å²) in [7, 11) is -1.93. The van der Waals surface area contributed by atoms with Crippen molar-refractivity contribution in [3.8, 4) is 0 Å². The van der Waals surface area contributed by atoms with Gasteiger partial charge < -0.3 is 9.16 Å². The molecule has 2 fully saturated rings. The fourth-order valence-electron chi connectivity index (χ4n) is 6.86. The van der Waals surface area contributed by atoms with Gasteiger partial charge in [-0.15, -0.1) is 0 Å². The predicted octanol–water partition coefficient (Wildman–Crippen LogP) is 5.96. The lowest BCUT2D eigenvalue weighted by atomic mass is 9.59. The molecule has 0 unspecified atom stereocenters. The van der Waals surface area contributed by atoms with Crippen LogP contribution in [0, 0.1) is 29.6 Å². The van der Waals surface area contributed by atoms with Gasteiger partial charge in [-0.05, 0) is 48.2 Å². The lowest BCUT2D eigenvalue weighted by molar-refractivity contribution is -0.145. The Morgan fingerprint density at radius 2 is 1.67 bits per heavy atom. The molecule has 1 heterocycles. The highest BCUT2D eigenvalue weighted by atomic mass is 28.4. The minimum atomic E-state index is -1.93. The van der Waals surface area contributed by atoms with Gasteiger partial charge >= 0.3 is 5.97 Å². The van der Waals surface area contributed by atoms with Gasteiger partial charge in [0, 0.05) is 11.8 Å². The zero-order valence-electron chi connectivity index (χ0n) is 18.6. The molecule has 0 aromatic rings. The number of esters is 1. The molecule has 2 aliphatic carbocycles. The fourth-order valence-corrected chi connectivity index (χ4v) is 12.5. The third kappa shape index (κ3) is 3.35. The largest absolute Gasteiger partial charge is 0.465 e. The van der Waals surface area contributed by atoms with E-state index in [4.69, 9.17) is 9.16 Å². The standard InChI is InChI=1S/C23H40O3Si/c1-13(2)27(14(3)4,15(5)6)26-20-10-9-16(7)21-18(20)11-17(8)19-12-25-23(24)22(19)21/h11,13-16,18-22H,9-10,12H2,1-8H3/t16-,18-,19+,20-,21+,22+/m0/s1. The van der Waals surface area contributed by atoms with Crippen molar-refractivity contribution in [2.75, 3.05) is 6.61 Å². The highest BCUT2D eigenvalue weighted by molar-refractivity contribution is 6.77. The van der Waals surface area contributed by atoms with Crippen molar-refractivity contribution in [2.45, 2.75) is 91.0 Å². The predicted molar refractivity (Wildman–Crippen MR) is 113 cm³/mol. The molecule has 154 valence electrons. The third-order valence-corrected chi connectivity index (χ3v) is 14.2. The van der Waals surface area contributed by atoms with Crippen LogP contribution in [0.15, 0.2) is 11.6 Å². The summed E-state index contributed by atoms with van der Waals surface area (Å²) < 4.78 is 12.8. The van der Waals surface area contributed by atoms with Crippen molar-refractivity contribution in [1.82, 2.24) is 0 Å². The Morgan fingerprint density at radius 1 is 1.07 bits per heavy atom. The summed E-state index contributed by atoms with van der Waals surface area (Å²) in [6.07, 6.45) is 5.01. The molecule has 1 saturated heterocycles. The Bertz CT molecular complexity index is 573. The second-order valence-electron chi connectivity index (χ2n) is 10.4. The smallest absolute Gasteiger partial charge is 0.310 e. The van der Waals surface area contributed by atoms with Crippen LogP contribution in [-0.4, -0.2) is 27.0 Å². The Hall–Kier alpha value is -0.613. The molecule has 27 heavy (non-hydrogen) atoms. The molecule has 1 aliphatic heterocycles.